The third kappa shape index (κ3) is 3.02. The van der Waals surface area contributed by atoms with E-state index >= 15 is 0 Å². The Morgan fingerprint density at radius 1 is 1.40 bits per heavy atom. The van der Waals surface area contributed by atoms with Crippen molar-refractivity contribution in [2.45, 2.75) is 13.5 Å². The quantitative estimate of drug-likeness (QED) is 0.852. The topological polar surface area (TPSA) is 72.7 Å². The second kappa shape index (κ2) is 6.00. The fourth-order valence-corrected chi connectivity index (χ4v) is 1.51. The molecule has 0 spiro atoms. The highest BCUT2D eigenvalue weighted by Gasteiger charge is 2.11. The van der Waals surface area contributed by atoms with E-state index in [1.807, 2.05) is 0 Å². The van der Waals surface area contributed by atoms with Gasteiger partial charge >= 0.3 is 0 Å². The molecular weight excluding hydrogens is 268 g/mol. The van der Waals surface area contributed by atoms with Crippen molar-refractivity contribution in [2.24, 2.45) is 0 Å². The summed E-state index contributed by atoms with van der Waals surface area (Å²) >= 11 is 0. The highest BCUT2D eigenvalue weighted by Crippen LogP contribution is 2.12. The molecule has 104 valence electrons. The van der Waals surface area contributed by atoms with Crippen LogP contribution in [0.2, 0.25) is 0 Å². The van der Waals surface area contributed by atoms with Crippen LogP contribution in [-0.4, -0.2) is 26.1 Å². The molecule has 0 radical (unpaired) electrons. The summed E-state index contributed by atoms with van der Waals surface area (Å²) in [6.07, 6.45) is 2.94. The SMILES string of the molecule is C/C=C\C(=O)NCc1nnnn1-c1ccc(F)c(F)c1. The Labute approximate surface area is 113 Å². The van der Waals surface area contributed by atoms with E-state index in [0.29, 0.717) is 5.82 Å². The third-order valence-corrected chi connectivity index (χ3v) is 2.42. The van der Waals surface area contributed by atoms with Crippen molar-refractivity contribution in [1.82, 2.24) is 25.5 Å². The van der Waals surface area contributed by atoms with Crippen molar-refractivity contribution in [3.05, 3.63) is 47.8 Å². The number of benzene rings is 1. The largest absolute Gasteiger partial charge is 0.345 e. The first-order valence-corrected chi connectivity index (χ1v) is 5.75. The van der Waals surface area contributed by atoms with Gasteiger partial charge in [0.05, 0.1) is 12.2 Å². The molecule has 0 fully saturated rings. The number of aromatic nitrogens is 4. The summed E-state index contributed by atoms with van der Waals surface area (Å²) in [5.41, 5.74) is 0.268. The first kappa shape index (κ1) is 13.8. The molecule has 8 heteroatoms. The number of carbonyl (C=O) groups excluding carboxylic acids is 1. The molecule has 2 rings (SSSR count). The summed E-state index contributed by atoms with van der Waals surface area (Å²) in [4.78, 5) is 11.3. The molecule has 1 heterocycles. The number of allylic oxidation sites excluding steroid dienone is 1. The van der Waals surface area contributed by atoms with Crippen molar-refractivity contribution >= 4 is 5.91 Å². The van der Waals surface area contributed by atoms with Crippen molar-refractivity contribution in [3.63, 3.8) is 0 Å². The van der Waals surface area contributed by atoms with Gasteiger partial charge in [-0.3, -0.25) is 4.79 Å². The van der Waals surface area contributed by atoms with Crippen LogP contribution >= 0.6 is 0 Å². The van der Waals surface area contributed by atoms with E-state index in [4.69, 9.17) is 0 Å². The molecule has 0 saturated heterocycles. The molecular formula is C12H11F2N5O. The number of amides is 1. The number of carbonyl (C=O) groups is 1. The van der Waals surface area contributed by atoms with Gasteiger partial charge in [0.15, 0.2) is 17.5 Å². The van der Waals surface area contributed by atoms with E-state index in [1.54, 1.807) is 13.0 Å². The van der Waals surface area contributed by atoms with E-state index in [1.165, 1.54) is 16.8 Å². The van der Waals surface area contributed by atoms with Crippen LogP contribution < -0.4 is 5.32 Å². The molecule has 0 atom stereocenters. The lowest BCUT2D eigenvalue weighted by Gasteiger charge is -2.05. The summed E-state index contributed by atoms with van der Waals surface area (Å²) in [6, 6.07) is 3.30. The molecule has 2 aromatic rings. The highest BCUT2D eigenvalue weighted by molar-refractivity contribution is 5.87. The molecule has 1 N–H and O–H groups in total. The van der Waals surface area contributed by atoms with Crippen LogP contribution in [0.15, 0.2) is 30.4 Å². The minimum Gasteiger partial charge on any atom is -0.345 e. The van der Waals surface area contributed by atoms with Gasteiger partial charge in [0.25, 0.3) is 0 Å². The van der Waals surface area contributed by atoms with Crippen LogP contribution in [0.3, 0.4) is 0 Å². The van der Waals surface area contributed by atoms with Crippen LogP contribution in [0.1, 0.15) is 12.7 Å². The van der Waals surface area contributed by atoms with E-state index in [0.717, 1.165) is 12.1 Å². The first-order valence-electron chi connectivity index (χ1n) is 5.75. The number of halogens is 2. The minimum atomic E-state index is -0.998. The average molecular weight is 279 g/mol. The van der Waals surface area contributed by atoms with Gasteiger partial charge in [-0.05, 0) is 35.6 Å². The lowest BCUT2D eigenvalue weighted by molar-refractivity contribution is -0.116. The summed E-state index contributed by atoms with van der Waals surface area (Å²) in [6.45, 7) is 1.78. The van der Waals surface area contributed by atoms with Gasteiger partial charge in [-0.25, -0.2) is 8.78 Å². The summed E-state index contributed by atoms with van der Waals surface area (Å²) < 4.78 is 27.3. The molecule has 0 saturated carbocycles. The Hall–Kier alpha value is -2.64. The smallest absolute Gasteiger partial charge is 0.244 e. The second-order valence-corrected chi connectivity index (χ2v) is 3.82. The van der Waals surface area contributed by atoms with Crippen molar-refractivity contribution in [3.8, 4) is 5.69 Å². The van der Waals surface area contributed by atoms with Gasteiger partial charge in [0, 0.05) is 6.07 Å². The average Bonchev–Trinajstić information content (AvgIpc) is 2.88. The molecule has 1 amide bonds. The van der Waals surface area contributed by atoms with Crippen LogP contribution in [0.4, 0.5) is 8.78 Å². The van der Waals surface area contributed by atoms with Crippen LogP contribution in [0, 0.1) is 11.6 Å². The van der Waals surface area contributed by atoms with E-state index < -0.39 is 11.6 Å². The third-order valence-electron chi connectivity index (χ3n) is 2.42. The van der Waals surface area contributed by atoms with E-state index in [-0.39, 0.29) is 18.1 Å². The highest BCUT2D eigenvalue weighted by atomic mass is 19.2. The zero-order valence-corrected chi connectivity index (χ0v) is 10.5. The number of hydrogen-bond acceptors (Lipinski definition) is 4. The van der Waals surface area contributed by atoms with Crippen molar-refractivity contribution in [2.75, 3.05) is 0 Å². The molecule has 0 aliphatic rings. The molecule has 0 unspecified atom stereocenters. The normalized spacial score (nSPS) is 10.9. The maximum absolute atomic E-state index is 13.2. The van der Waals surface area contributed by atoms with Crippen LogP contribution in [-0.2, 0) is 11.3 Å². The molecule has 20 heavy (non-hydrogen) atoms. The van der Waals surface area contributed by atoms with Gasteiger partial charge < -0.3 is 5.32 Å². The summed E-state index contributed by atoms with van der Waals surface area (Å²) in [5, 5.41) is 13.4. The van der Waals surface area contributed by atoms with Crippen LogP contribution in [0.25, 0.3) is 5.69 Å². The number of tetrazole rings is 1. The molecule has 0 aliphatic heterocycles. The van der Waals surface area contributed by atoms with Crippen LogP contribution in [0.5, 0.6) is 0 Å². The predicted molar refractivity (Wildman–Crippen MR) is 65.7 cm³/mol. The van der Waals surface area contributed by atoms with E-state index in [9.17, 15) is 13.6 Å². The zero-order chi connectivity index (χ0) is 14.5. The van der Waals surface area contributed by atoms with Crippen molar-refractivity contribution in [1.29, 1.82) is 0 Å². The second-order valence-electron chi connectivity index (χ2n) is 3.82. The molecule has 0 bridgehead atoms. The van der Waals surface area contributed by atoms with Gasteiger partial charge in [0.1, 0.15) is 0 Å². The molecule has 1 aromatic heterocycles. The van der Waals surface area contributed by atoms with E-state index in [2.05, 4.69) is 20.8 Å². The fraction of sp³-hybridized carbons (Fsp3) is 0.167. The summed E-state index contributed by atoms with van der Waals surface area (Å²) in [5.74, 6) is -1.95. The number of nitrogens with zero attached hydrogens (tertiary/aromatic N) is 4. The Balaban J connectivity index is 2.19. The Kier molecular flexibility index (Phi) is 4.14. The van der Waals surface area contributed by atoms with Gasteiger partial charge in [-0.2, -0.15) is 4.68 Å². The Morgan fingerprint density at radius 2 is 2.20 bits per heavy atom. The lowest BCUT2D eigenvalue weighted by atomic mass is 10.3. The number of nitrogens with one attached hydrogen (secondary N) is 1. The molecule has 0 aliphatic carbocycles. The van der Waals surface area contributed by atoms with Gasteiger partial charge in [-0.1, -0.05) is 6.08 Å². The first-order chi connectivity index (χ1) is 9.61. The number of hydrogen-bond donors (Lipinski definition) is 1. The zero-order valence-electron chi connectivity index (χ0n) is 10.5. The number of rotatable bonds is 4. The monoisotopic (exact) mass is 279 g/mol. The van der Waals surface area contributed by atoms with Crippen molar-refractivity contribution < 1.29 is 13.6 Å². The predicted octanol–water partition coefficient (Wildman–Crippen LogP) is 1.13. The van der Waals surface area contributed by atoms with Gasteiger partial charge in [-0.15, -0.1) is 5.10 Å². The Bertz CT molecular complexity index is 653. The maximum Gasteiger partial charge on any atom is 0.244 e. The Morgan fingerprint density at radius 3 is 2.90 bits per heavy atom. The fourth-order valence-electron chi connectivity index (χ4n) is 1.51. The summed E-state index contributed by atoms with van der Waals surface area (Å²) in [7, 11) is 0. The molecule has 1 aromatic carbocycles. The maximum atomic E-state index is 13.2. The molecule has 6 nitrogen and oxygen atoms in total. The lowest BCUT2D eigenvalue weighted by Crippen LogP contribution is -2.22. The minimum absolute atomic E-state index is 0.0647. The standard InChI is InChI=1S/C12H11F2N5O/c1-2-3-12(20)15-7-11-16-17-18-19(11)8-4-5-9(13)10(14)6-8/h2-6H,7H2,1H3,(H,15,20)/b3-2-. The van der Waals surface area contributed by atoms with Gasteiger partial charge in [0.2, 0.25) is 5.91 Å².